The summed E-state index contributed by atoms with van der Waals surface area (Å²) in [6.45, 7) is 9.94. The number of benzene rings is 4. The molecule has 6 rings (SSSR count). The Bertz CT molecular complexity index is 1580. The third-order valence-electron chi connectivity index (χ3n) is 7.47. The van der Waals surface area contributed by atoms with E-state index >= 15 is 0 Å². The van der Waals surface area contributed by atoms with Gasteiger partial charge in [0.15, 0.2) is 0 Å². The van der Waals surface area contributed by atoms with Gasteiger partial charge in [-0.2, -0.15) is 0 Å². The number of nitrogens with zero attached hydrogens (tertiary/aromatic N) is 3. The number of hydrogen-bond donors (Lipinski definition) is 0. The number of rotatable bonds is 9. The van der Waals surface area contributed by atoms with Crippen LogP contribution in [0, 0.1) is 0 Å². The molecule has 4 aromatic rings. The van der Waals surface area contributed by atoms with E-state index in [2.05, 4.69) is 13.8 Å². The molecule has 0 saturated carbocycles. The van der Waals surface area contributed by atoms with E-state index in [1.54, 1.807) is 24.3 Å². The van der Waals surface area contributed by atoms with Crippen molar-refractivity contribution in [2.75, 3.05) is 40.0 Å². The Hall–Kier alpha value is -4.40. The fourth-order valence-electron chi connectivity index (χ4n) is 5.46. The summed E-state index contributed by atoms with van der Waals surface area (Å²) in [6, 6.07) is 21.9. The summed E-state index contributed by atoms with van der Waals surface area (Å²) in [7, 11) is 1.92. The minimum atomic E-state index is -0.352. The fraction of sp³-hybridized carbons (Fsp3) is 0.333. The van der Waals surface area contributed by atoms with Crippen LogP contribution in [0.4, 0.5) is 0 Å². The molecule has 2 aliphatic heterocycles. The summed E-state index contributed by atoms with van der Waals surface area (Å²) >= 11 is 0. The van der Waals surface area contributed by atoms with E-state index in [-0.39, 0.29) is 36.9 Å². The maximum Gasteiger partial charge on any atom is 0.263 e. The van der Waals surface area contributed by atoms with Crippen LogP contribution >= 0.6 is 0 Å². The predicted molar refractivity (Wildman–Crippen MR) is 174 cm³/mol. The summed E-state index contributed by atoms with van der Waals surface area (Å²) < 4.78 is 5.71. The lowest BCUT2D eigenvalue weighted by molar-refractivity contribution is 0.0199. The Balaban J connectivity index is 0.000000834. The van der Waals surface area contributed by atoms with E-state index in [9.17, 15) is 19.2 Å². The van der Waals surface area contributed by atoms with E-state index in [0.29, 0.717) is 53.8 Å². The smallest absolute Gasteiger partial charge is 0.263 e. The van der Waals surface area contributed by atoms with Gasteiger partial charge in [0.2, 0.25) is 0 Å². The van der Waals surface area contributed by atoms with Gasteiger partial charge in [0.25, 0.3) is 23.6 Å². The first-order chi connectivity index (χ1) is 21.4. The molecule has 0 N–H and O–H groups in total. The topological polar surface area (TPSA) is 87.2 Å². The van der Waals surface area contributed by atoms with Crippen molar-refractivity contribution in [1.29, 1.82) is 0 Å². The lowest BCUT2D eigenvalue weighted by atomic mass is 9.94. The molecule has 0 spiro atoms. The average Bonchev–Trinajstić information content (AvgIpc) is 3.04. The van der Waals surface area contributed by atoms with Crippen molar-refractivity contribution >= 4 is 45.2 Å². The van der Waals surface area contributed by atoms with Crippen LogP contribution in [0.25, 0.3) is 21.5 Å². The van der Waals surface area contributed by atoms with Crippen molar-refractivity contribution in [2.24, 2.45) is 0 Å². The predicted octanol–water partition coefficient (Wildman–Crippen LogP) is 6.62. The highest BCUT2D eigenvalue weighted by molar-refractivity contribution is 6.26. The SMILES string of the molecule is CC.CCC.CN(CCCOCN1C(=O)c2cccc3cccc(c23)C1=O)CCN1C(=O)c2cccc3cccc(c23)C1=O. The Morgan fingerprint density at radius 3 is 1.41 bits per heavy atom. The average molecular weight is 596 g/mol. The highest BCUT2D eigenvalue weighted by atomic mass is 16.5. The lowest BCUT2D eigenvalue weighted by Gasteiger charge is -2.29. The van der Waals surface area contributed by atoms with Gasteiger partial charge in [0, 0.05) is 52.7 Å². The van der Waals surface area contributed by atoms with Gasteiger partial charge in [-0.05, 0) is 48.5 Å². The van der Waals surface area contributed by atoms with Crippen molar-refractivity contribution in [2.45, 2.75) is 40.5 Å². The van der Waals surface area contributed by atoms with E-state index in [1.165, 1.54) is 11.3 Å². The second-order valence-electron chi connectivity index (χ2n) is 10.6. The van der Waals surface area contributed by atoms with Gasteiger partial charge in [-0.1, -0.05) is 82.6 Å². The summed E-state index contributed by atoms with van der Waals surface area (Å²) in [4.78, 5) is 56.6. The van der Waals surface area contributed by atoms with Crippen molar-refractivity contribution in [3.8, 4) is 0 Å². The number of hydrogen-bond acceptors (Lipinski definition) is 6. The van der Waals surface area contributed by atoms with E-state index in [4.69, 9.17) is 4.74 Å². The van der Waals surface area contributed by atoms with Crippen molar-refractivity contribution in [3.63, 3.8) is 0 Å². The minimum Gasteiger partial charge on any atom is -0.360 e. The fourth-order valence-corrected chi connectivity index (χ4v) is 5.46. The number of amides is 4. The van der Waals surface area contributed by atoms with Crippen LogP contribution < -0.4 is 0 Å². The summed E-state index contributed by atoms with van der Waals surface area (Å²) in [6.07, 6.45) is 1.91. The second kappa shape index (κ2) is 14.9. The highest BCUT2D eigenvalue weighted by Crippen LogP contribution is 2.31. The number of imide groups is 2. The molecule has 0 radical (unpaired) electrons. The van der Waals surface area contributed by atoms with Crippen LogP contribution in [0.5, 0.6) is 0 Å². The molecule has 230 valence electrons. The van der Waals surface area contributed by atoms with E-state index in [1.807, 2.05) is 74.3 Å². The number of carbonyl (C=O) groups is 4. The van der Waals surface area contributed by atoms with E-state index in [0.717, 1.165) is 21.1 Å². The van der Waals surface area contributed by atoms with Crippen molar-refractivity contribution in [1.82, 2.24) is 14.7 Å². The molecule has 0 fully saturated rings. The summed E-state index contributed by atoms with van der Waals surface area (Å²) in [5.74, 6) is -1.24. The zero-order chi connectivity index (χ0) is 31.8. The highest BCUT2D eigenvalue weighted by Gasteiger charge is 2.33. The Labute approximate surface area is 259 Å². The second-order valence-corrected chi connectivity index (χ2v) is 10.6. The quantitative estimate of drug-likeness (QED) is 0.160. The molecule has 0 unspecified atom stereocenters. The lowest BCUT2D eigenvalue weighted by Crippen LogP contribution is -2.44. The molecular formula is C36H41N3O5. The number of likely N-dealkylation sites (N-methyl/N-ethyl adjacent to an activating group) is 1. The van der Waals surface area contributed by atoms with Gasteiger partial charge < -0.3 is 9.64 Å². The van der Waals surface area contributed by atoms with Gasteiger partial charge in [-0.25, -0.2) is 0 Å². The number of ether oxygens (including phenoxy) is 1. The first-order valence-electron chi connectivity index (χ1n) is 15.4. The molecule has 8 nitrogen and oxygen atoms in total. The normalized spacial score (nSPS) is 13.7. The third kappa shape index (κ3) is 6.42. The molecule has 0 atom stereocenters. The van der Waals surface area contributed by atoms with Crippen LogP contribution in [0.15, 0.2) is 72.8 Å². The minimum absolute atomic E-state index is 0.117. The number of carbonyl (C=O) groups excluding carboxylic acids is 4. The zero-order valence-electron chi connectivity index (χ0n) is 26.3. The summed E-state index contributed by atoms with van der Waals surface area (Å²) in [5.41, 5.74) is 2.12. The van der Waals surface area contributed by atoms with Crippen LogP contribution in [-0.2, 0) is 4.74 Å². The molecular weight excluding hydrogens is 554 g/mol. The molecule has 0 aromatic heterocycles. The standard InChI is InChI=1S/C31H27N3O5.C3H8.C2H6/c1-32(16-17-33-28(35)22-11-2-7-20-8-3-12-23(26(20)22)29(33)36)15-6-18-39-19-34-30(37)24-13-4-9-21-10-5-14-25(27(21)24)31(34)38;1-3-2;1-2/h2-5,7-14H,6,15-19H2,1H3;3H2,1-2H3;1-2H3. The van der Waals surface area contributed by atoms with Gasteiger partial charge in [0.05, 0.1) is 6.61 Å². The monoisotopic (exact) mass is 595 g/mol. The molecule has 44 heavy (non-hydrogen) atoms. The molecule has 0 bridgehead atoms. The van der Waals surface area contributed by atoms with Gasteiger partial charge in [-0.15, -0.1) is 0 Å². The van der Waals surface area contributed by atoms with Crippen molar-refractivity contribution < 1.29 is 23.9 Å². The zero-order valence-corrected chi connectivity index (χ0v) is 26.3. The molecule has 0 aliphatic carbocycles. The van der Waals surface area contributed by atoms with Crippen LogP contribution in [-0.4, -0.2) is 78.3 Å². The van der Waals surface area contributed by atoms with Crippen LogP contribution in [0.1, 0.15) is 82.0 Å². The largest absolute Gasteiger partial charge is 0.360 e. The summed E-state index contributed by atoms with van der Waals surface area (Å²) in [5, 5.41) is 3.17. The van der Waals surface area contributed by atoms with Gasteiger partial charge >= 0.3 is 0 Å². The van der Waals surface area contributed by atoms with Crippen molar-refractivity contribution in [3.05, 3.63) is 95.1 Å². The Kier molecular flexibility index (Phi) is 11.0. The Morgan fingerprint density at radius 2 is 1.00 bits per heavy atom. The van der Waals surface area contributed by atoms with Gasteiger partial charge in [0.1, 0.15) is 6.73 Å². The molecule has 0 saturated heterocycles. The first-order valence-corrected chi connectivity index (χ1v) is 15.4. The molecule has 4 aromatic carbocycles. The molecule has 2 heterocycles. The first kappa shape index (κ1) is 32.5. The molecule has 8 heteroatoms. The van der Waals surface area contributed by atoms with E-state index < -0.39 is 0 Å². The van der Waals surface area contributed by atoms with Gasteiger partial charge in [-0.3, -0.25) is 29.0 Å². The molecule has 2 aliphatic rings. The third-order valence-corrected chi connectivity index (χ3v) is 7.47. The Morgan fingerprint density at radius 1 is 0.614 bits per heavy atom. The molecule has 4 amide bonds. The maximum atomic E-state index is 13.1. The van der Waals surface area contributed by atoms with Crippen LogP contribution in [0.3, 0.4) is 0 Å². The van der Waals surface area contributed by atoms with Crippen LogP contribution in [0.2, 0.25) is 0 Å². The maximum absolute atomic E-state index is 13.1.